The fourth-order valence-corrected chi connectivity index (χ4v) is 3.37. The van der Waals surface area contributed by atoms with Crippen LogP contribution in [0.2, 0.25) is 0 Å². The van der Waals surface area contributed by atoms with Crippen molar-refractivity contribution in [2.24, 2.45) is 0 Å². The highest BCUT2D eigenvalue weighted by Gasteiger charge is 2.19. The molecule has 0 unspecified atom stereocenters. The van der Waals surface area contributed by atoms with E-state index < -0.39 is 15.9 Å². The zero-order valence-corrected chi connectivity index (χ0v) is 18.1. The number of amides is 1. The minimum absolute atomic E-state index is 0.171. The number of ether oxygens (including phenoxy) is 1. The van der Waals surface area contributed by atoms with Gasteiger partial charge in [-0.1, -0.05) is 23.8 Å². The van der Waals surface area contributed by atoms with Gasteiger partial charge in [-0.3, -0.25) is 9.10 Å². The number of hydrogen-bond acceptors (Lipinski definition) is 5. The summed E-state index contributed by atoms with van der Waals surface area (Å²) in [7, 11) is -2.04. The van der Waals surface area contributed by atoms with Crippen molar-refractivity contribution in [3.05, 3.63) is 77.2 Å². The first kappa shape index (κ1) is 21.4. The average molecular weight is 429 g/mol. The third-order valence-electron chi connectivity index (χ3n) is 4.69. The van der Waals surface area contributed by atoms with Gasteiger partial charge in [0.2, 0.25) is 10.0 Å². The molecule has 0 aliphatic carbocycles. The number of anilines is 2. The van der Waals surface area contributed by atoms with Crippen LogP contribution in [0.15, 0.2) is 59.2 Å². The zero-order valence-electron chi connectivity index (χ0n) is 17.3. The summed E-state index contributed by atoms with van der Waals surface area (Å²) in [6.45, 7) is 4.24. The standard InChI is InChI=1S/C22H24N2O5S/c1-15-7-8-16(2)17(12-15)14-29-21-13-18(23-22(25)20-6-5-11-28-20)9-10-19(21)24(3)30(4,26)27/h5-13H,14H2,1-4H3,(H,23,25). The second-order valence-electron chi connectivity index (χ2n) is 7.06. The second kappa shape index (κ2) is 8.62. The van der Waals surface area contributed by atoms with Crippen LogP contribution in [0.5, 0.6) is 5.75 Å². The molecule has 0 saturated carbocycles. The lowest BCUT2D eigenvalue weighted by Gasteiger charge is -2.21. The molecular weight excluding hydrogens is 404 g/mol. The number of furan rings is 1. The SMILES string of the molecule is Cc1ccc(C)c(COc2cc(NC(=O)c3ccco3)ccc2N(C)S(C)(=O)=O)c1. The lowest BCUT2D eigenvalue weighted by molar-refractivity contribution is 0.0996. The Hall–Kier alpha value is -3.26. The average Bonchev–Trinajstić information content (AvgIpc) is 3.22. The van der Waals surface area contributed by atoms with E-state index in [0.717, 1.165) is 27.3 Å². The molecule has 0 atom stereocenters. The summed E-state index contributed by atoms with van der Waals surface area (Å²) in [5, 5.41) is 2.73. The van der Waals surface area contributed by atoms with E-state index in [4.69, 9.17) is 9.15 Å². The number of nitrogens with zero attached hydrogens (tertiary/aromatic N) is 1. The van der Waals surface area contributed by atoms with Gasteiger partial charge in [-0.05, 0) is 49.2 Å². The van der Waals surface area contributed by atoms with Crippen LogP contribution in [-0.4, -0.2) is 27.6 Å². The molecule has 0 spiro atoms. The molecule has 0 saturated heterocycles. The van der Waals surface area contributed by atoms with Gasteiger partial charge in [0.1, 0.15) is 12.4 Å². The van der Waals surface area contributed by atoms with Gasteiger partial charge >= 0.3 is 0 Å². The third-order valence-corrected chi connectivity index (χ3v) is 5.88. The van der Waals surface area contributed by atoms with Crippen molar-refractivity contribution in [2.45, 2.75) is 20.5 Å². The number of hydrogen-bond donors (Lipinski definition) is 1. The van der Waals surface area contributed by atoms with Crippen molar-refractivity contribution in [1.29, 1.82) is 0 Å². The van der Waals surface area contributed by atoms with Crippen molar-refractivity contribution in [1.82, 2.24) is 0 Å². The van der Waals surface area contributed by atoms with Crippen LogP contribution in [0.3, 0.4) is 0 Å². The Kier molecular flexibility index (Phi) is 6.17. The number of aryl methyl sites for hydroxylation is 2. The van der Waals surface area contributed by atoms with E-state index in [9.17, 15) is 13.2 Å². The fraction of sp³-hybridized carbons (Fsp3) is 0.227. The highest BCUT2D eigenvalue weighted by atomic mass is 32.2. The van der Waals surface area contributed by atoms with Crippen LogP contribution in [0.4, 0.5) is 11.4 Å². The molecule has 0 bridgehead atoms. The van der Waals surface area contributed by atoms with Gasteiger partial charge in [0.05, 0.1) is 18.2 Å². The maximum atomic E-state index is 12.3. The summed E-state index contributed by atoms with van der Waals surface area (Å²) in [5.41, 5.74) is 4.00. The molecule has 3 aromatic rings. The molecule has 0 aliphatic heterocycles. The fourth-order valence-electron chi connectivity index (χ4n) is 2.86. The van der Waals surface area contributed by atoms with Gasteiger partial charge in [-0.25, -0.2) is 8.42 Å². The third kappa shape index (κ3) is 5.01. The van der Waals surface area contributed by atoms with Crippen molar-refractivity contribution in [2.75, 3.05) is 22.9 Å². The monoisotopic (exact) mass is 428 g/mol. The van der Waals surface area contributed by atoms with Crippen LogP contribution in [-0.2, 0) is 16.6 Å². The Labute approximate surface area is 176 Å². The molecule has 8 heteroatoms. The molecule has 1 aromatic heterocycles. The topological polar surface area (TPSA) is 88.8 Å². The largest absolute Gasteiger partial charge is 0.487 e. The summed E-state index contributed by atoms with van der Waals surface area (Å²) in [6.07, 6.45) is 2.53. The van der Waals surface area contributed by atoms with Gasteiger partial charge < -0.3 is 14.5 Å². The molecule has 3 rings (SSSR count). The van der Waals surface area contributed by atoms with Crippen LogP contribution in [0.1, 0.15) is 27.2 Å². The van der Waals surface area contributed by atoms with E-state index in [0.29, 0.717) is 17.1 Å². The van der Waals surface area contributed by atoms with Gasteiger partial charge in [0.25, 0.3) is 5.91 Å². The zero-order chi connectivity index (χ0) is 21.9. The van der Waals surface area contributed by atoms with Crippen LogP contribution >= 0.6 is 0 Å². The van der Waals surface area contributed by atoms with Gasteiger partial charge in [0.15, 0.2) is 5.76 Å². The highest BCUT2D eigenvalue weighted by Crippen LogP contribution is 2.33. The molecule has 7 nitrogen and oxygen atoms in total. The second-order valence-corrected chi connectivity index (χ2v) is 9.08. The van der Waals surface area contributed by atoms with Crippen molar-refractivity contribution >= 4 is 27.3 Å². The Morgan fingerprint density at radius 3 is 2.57 bits per heavy atom. The Balaban J connectivity index is 1.91. The number of benzene rings is 2. The molecule has 0 radical (unpaired) electrons. The van der Waals surface area contributed by atoms with E-state index in [1.54, 1.807) is 30.3 Å². The maximum absolute atomic E-state index is 12.3. The minimum Gasteiger partial charge on any atom is -0.487 e. The molecule has 0 fully saturated rings. The van der Waals surface area contributed by atoms with Crippen molar-refractivity contribution < 1.29 is 22.4 Å². The van der Waals surface area contributed by atoms with Crippen molar-refractivity contribution in [3.63, 3.8) is 0 Å². The number of carbonyl (C=O) groups is 1. The quantitative estimate of drug-likeness (QED) is 0.611. The van der Waals surface area contributed by atoms with Crippen LogP contribution in [0, 0.1) is 13.8 Å². The first-order valence-corrected chi connectivity index (χ1v) is 11.1. The molecule has 1 heterocycles. The van der Waals surface area contributed by atoms with E-state index in [1.807, 2.05) is 32.0 Å². The van der Waals surface area contributed by atoms with Gasteiger partial charge in [-0.2, -0.15) is 0 Å². The smallest absolute Gasteiger partial charge is 0.291 e. The summed E-state index contributed by atoms with van der Waals surface area (Å²) in [4.78, 5) is 12.3. The molecule has 0 aliphatic rings. The van der Waals surface area contributed by atoms with E-state index in [2.05, 4.69) is 5.32 Å². The number of nitrogens with one attached hydrogen (secondary N) is 1. The molecule has 1 N–H and O–H groups in total. The summed E-state index contributed by atoms with van der Waals surface area (Å²) < 4.78 is 36.4. The predicted octanol–water partition coefficient (Wildman–Crippen LogP) is 4.12. The predicted molar refractivity (Wildman–Crippen MR) is 117 cm³/mol. The lowest BCUT2D eigenvalue weighted by Crippen LogP contribution is -2.25. The normalized spacial score (nSPS) is 11.2. The minimum atomic E-state index is -3.50. The maximum Gasteiger partial charge on any atom is 0.291 e. The van der Waals surface area contributed by atoms with Crippen molar-refractivity contribution in [3.8, 4) is 5.75 Å². The summed E-state index contributed by atoms with van der Waals surface area (Å²) in [6, 6.07) is 14.0. The van der Waals surface area contributed by atoms with E-state index in [1.165, 1.54) is 13.3 Å². The summed E-state index contributed by atoms with van der Waals surface area (Å²) >= 11 is 0. The number of rotatable bonds is 7. The molecule has 1 amide bonds. The molecule has 2 aromatic carbocycles. The summed E-state index contributed by atoms with van der Waals surface area (Å²) in [5.74, 6) is 0.0935. The molecular formula is C22H24N2O5S. The molecule has 158 valence electrons. The first-order valence-electron chi connectivity index (χ1n) is 9.27. The first-order chi connectivity index (χ1) is 14.1. The lowest BCUT2D eigenvalue weighted by atomic mass is 10.1. The molecule has 30 heavy (non-hydrogen) atoms. The van der Waals surface area contributed by atoms with Crippen LogP contribution in [0.25, 0.3) is 0 Å². The van der Waals surface area contributed by atoms with Gasteiger partial charge in [0, 0.05) is 18.8 Å². The van der Waals surface area contributed by atoms with Gasteiger partial charge in [-0.15, -0.1) is 0 Å². The Morgan fingerprint density at radius 2 is 1.90 bits per heavy atom. The highest BCUT2D eigenvalue weighted by molar-refractivity contribution is 7.92. The Bertz CT molecular complexity index is 1150. The van der Waals surface area contributed by atoms with E-state index in [-0.39, 0.29) is 12.4 Å². The Morgan fingerprint density at radius 1 is 1.13 bits per heavy atom. The van der Waals surface area contributed by atoms with E-state index >= 15 is 0 Å². The number of sulfonamides is 1. The van der Waals surface area contributed by atoms with Crippen LogP contribution < -0.4 is 14.4 Å². The number of carbonyl (C=O) groups excluding carboxylic acids is 1.